The Bertz CT molecular complexity index is 440. The van der Waals surface area contributed by atoms with E-state index in [9.17, 15) is 4.79 Å². The fourth-order valence-corrected chi connectivity index (χ4v) is 2.77. The van der Waals surface area contributed by atoms with Crippen LogP contribution in [0.25, 0.3) is 0 Å². The Morgan fingerprint density at radius 1 is 1.45 bits per heavy atom. The molecule has 1 heterocycles. The van der Waals surface area contributed by atoms with E-state index in [1.54, 1.807) is 0 Å². The molecule has 3 nitrogen and oxygen atoms in total. The van der Waals surface area contributed by atoms with Crippen LogP contribution in [0.4, 0.5) is 0 Å². The normalized spacial score (nSPS) is 18.5. The van der Waals surface area contributed by atoms with Crippen LogP contribution in [-0.4, -0.2) is 37.0 Å². The lowest BCUT2D eigenvalue weighted by molar-refractivity contribution is -0.132. The molecule has 112 valence electrons. The zero-order valence-corrected chi connectivity index (χ0v) is 13.3. The first-order valence-corrected chi connectivity index (χ1v) is 7.27. The third-order valence-corrected chi connectivity index (χ3v) is 4.12. The molecule has 1 aromatic carbocycles. The number of nitrogens with zero attached hydrogens (tertiary/aromatic N) is 1. The highest BCUT2D eigenvalue weighted by atomic mass is 35.5. The number of hydrogen-bond donors (Lipinski definition) is 1. The molecule has 0 aliphatic carbocycles. The number of likely N-dealkylation sites (N-methyl/N-ethyl adjacent to an activating group) is 1. The van der Waals surface area contributed by atoms with Gasteiger partial charge in [0, 0.05) is 30.6 Å². The molecule has 1 aliphatic rings. The van der Waals surface area contributed by atoms with Crippen LogP contribution in [0.5, 0.6) is 0 Å². The standard InChI is InChI=1S/C15H21ClN2O.ClH/c1-17-13-6-4-10-18(11-13)15(19)9-8-12-5-2-3-7-14(12)16;/h2-3,5,7,13,17H,4,6,8-11H2,1H3;1H. The first kappa shape index (κ1) is 17.3. The summed E-state index contributed by atoms with van der Waals surface area (Å²) < 4.78 is 0. The van der Waals surface area contributed by atoms with Crippen molar-refractivity contribution in [1.82, 2.24) is 10.2 Å². The number of likely N-dealkylation sites (tertiary alicyclic amines) is 1. The summed E-state index contributed by atoms with van der Waals surface area (Å²) in [7, 11) is 1.96. The number of amides is 1. The van der Waals surface area contributed by atoms with Crippen molar-refractivity contribution < 1.29 is 4.79 Å². The molecule has 5 heteroatoms. The van der Waals surface area contributed by atoms with E-state index in [0.29, 0.717) is 12.5 Å². The summed E-state index contributed by atoms with van der Waals surface area (Å²) in [5, 5.41) is 4.01. The van der Waals surface area contributed by atoms with Crippen molar-refractivity contribution in [3.05, 3.63) is 34.9 Å². The molecule has 1 aromatic rings. The summed E-state index contributed by atoms with van der Waals surface area (Å²) in [4.78, 5) is 14.2. The average molecular weight is 317 g/mol. The van der Waals surface area contributed by atoms with E-state index < -0.39 is 0 Å². The van der Waals surface area contributed by atoms with Gasteiger partial charge in [0.05, 0.1) is 0 Å². The van der Waals surface area contributed by atoms with Crippen LogP contribution in [0.15, 0.2) is 24.3 Å². The third-order valence-electron chi connectivity index (χ3n) is 3.75. The number of hydrogen-bond acceptors (Lipinski definition) is 2. The molecule has 0 bridgehead atoms. The van der Waals surface area contributed by atoms with Gasteiger partial charge in [-0.1, -0.05) is 29.8 Å². The highest BCUT2D eigenvalue weighted by molar-refractivity contribution is 6.31. The van der Waals surface area contributed by atoms with Crippen molar-refractivity contribution in [2.75, 3.05) is 20.1 Å². The molecule has 0 aromatic heterocycles. The van der Waals surface area contributed by atoms with Gasteiger partial charge in [-0.05, 0) is 37.9 Å². The minimum Gasteiger partial charge on any atom is -0.341 e. The smallest absolute Gasteiger partial charge is 0.222 e. The summed E-state index contributed by atoms with van der Waals surface area (Å²) in [6.07, 6.45) is 3.51. The lowest BCUT2D eigenvalue weighted by atomic mass is 10.0. The average Bonchev–Trinajstić information content (AvgIpc) is 2.46. The van der Waals surface area contributed by atoms with Crippen molar-refractivity contribution in [2.45, 2.75) is 31.7 Å². The second kappa shape index (κ2) is 8.50. The summed E-state index contributed by atoms with van der Waals surface area (Å²) in [6.45, 7) is 1.72. The van der Waals surface area contributed by atoms with Gasteiger partial charge in [0.25, 0.3) is 0 Å². The van der Waals surface area contributed by atoms with E-state index in [4.69, 9.17) is 11.6 Å². The molecule has 1 amide bonds. The fraction of sp³-hybridized carbons (Fsp3) is 0.533. The van der Waals surface area contributed by atoms with Crippen LogP contribution in [-0.2, 0) is 11.2 Å². The monoisotopic (exact) mass is 316 g/mol. The lowest BCUT2D eigenvalue weighted by Gasteiger charge is -2.32. The van der Waals surface area contributed by atoms with Crippen molar-refractivity contribution in [2.24, 2.45) is 0 Å². The minimum absolute atomic E-state index is 0. The van der Waals surface area contributed by atoms with Gasteiger partial charge in [-0.2, -0.15) is 0 Å². The number of rotatable bonds is 4. The summed E-state index contributed by atoms with van der Waals surface area (Å²) in [6, 6.07) is 8.18. The van der Waals surface area contributed by atoms with Gasteiger partial charge < -0.3 is 10.2 Å². The van der Waals surface area contributed by atoms with Gasteiger partial charge in [-0.3, -0.25) is 4.79 Å². The number of nitrogens with one attached hydrogen (secondary N) is 1. The Morgan fingerprint density at radius 3 is 2.90 bits per heavy atom. The second-order valence-corrected chi connectivity index (χ2v) is 5.47. The fourth-order valence-electron chi connectivity index (χ4n) is 2.54. The molecule has 1 unspecified atom stereocenters. The van der Waals surface area contributed by atoms with E-state index in [-0.39, 0.29) is 18.3 Å². The molecule has 0 saturated carbocycles. The van der Waals surface area contributed by atoms with E-state index in [1.165, 1.54) is 0 Å². The molecule has 1 N–H and O–H groups in total. The first-order chi connectivity index (χ1) is 9.20. The van der Waals surface area contributed by atoms with Gasteiger partial charge in [0.1, 0.15) is 0 Å². The van der Waals surface area contributed by atoms with Gasteiger partial charge in [-0.15, -0.1) is 12.4 Å². The van der Waals surface area contributed by atoms with Crippen LogP contribution in [0.3, 0.4) is 0 Å². The summed E-state index contributed by atoms with van der Waals surface area (Å²) in [5.41, 5.74) is 1.06. The maximum absolute atomic E-state index is 12.2. The number of benzene rings is 1. The predicted octanol–water partition coefficient (Wildman–Crippen LogP) is 2.90. The Morgan fingerprint density at radius 2 is 2.20 bits per heavy atom. The number of carbonyl (C=O) groups is 1. The molecule has 1 saturated heterocycles. The van der Waals surface area contributed by atoms with Gasteiger partial charge in [-0.25, -0.2) is 0 Å². The van der Waals surface area contributed by atoms with Gasteiger partial charge in [0.15, 0.2) is 0 Å². The summed E-state index contributed by atoms with van der Waals surface area (Å²) >= 11 is 6.10. The molecule has 0 radical (unpaired) electrons. The SMILES string of the molecule is CNC1CCCN(C(=O)CCc2ccccc2Cl)C1.Cl. The minimum atomic E-state index is 0. The van der Waals surface area contributed by atoms with Crippen LogP contribution in [0, 0.1) is 0 Å². The van der Waals surface area contributed by atoms with Crippen molar-refractivity contribution in [3.8, 4) is 0 Å². The van der Waals surface area contributed by atoms with Crippen LogP contribution in [0.1, 0.15) is 24.8 Å². The van der Waals surface area contributed by atoms with E-state index in [0.717, 1.165) is 42.9 Å². The van der Waals surface area contributed by atoms with Gasteiger partial charge in [0.2, 0.25) is 5.91 Å². The molecule has 20 heavy (non-hydrogen) atoms. The van der Waals surface area contributed by atoms with Crippen molar-refractivity contribution >= 4 is 29.9 Å². The maximum Gasteiger partial charge on any atom is 0.222 e. The lowest BCUT2D eigenvalue weighted by Crippen LogP contribution is -2.47. The molecule has 2 rings (SSSR count). The Labute approximate surface area is 132 Å². The molecule has 1 atom stereocenters. The zero-order valence-electron chi connectivity index (χ0n) is 11.8. The quantitative estimate of drug-likeness (QED) is 0.926. The predicted molar refractivity (Wildman–Crippen MR) is 85.7 cm³/mol. The number of halogens is 2. The first-order valence-electron chi connectivity index (χ1n) is 6.89. The number of carbonyl (C=O) groups excluding carboxylic acids is 1. The maximum atomic E-state index is 12.2. The van der Waals surface area contributed by atoms with Crippen LogP contribution in [0.2, 0.25) is 5.02 Å². The highest BCUT2D eigenvalue weighted by Gasteiger charge is 2.22. The zero-order chi connectivity index (χ0) is 13.7. The second-order valence-electron chi connectivity index (χ2n) is 5.06. The number of aryl methyl sites for hydroxylation is 1. The molecule has 1 fully saturated rings. The highest BCUT2D eigenvalue weighted by Crippen LogP contribution is 2.18. The van der Waals surface area contributed by atoms with E-state index >= 15 is 0 Å². The summed E-state index contributed by atoms with van der Waals surface area (Å²) in [5.74, 6) is 0.236. The van der Waals surface area contributed by atoms with Crippen molar-refractivity contribution in [3.63, 3.8) is 0 Å². The van der Waals surface area contributed by atoms with Crippen molar-refractivity contribution in [1.29, 1.82) is 0 Å². The molecular weight excluding hydrogens is 295 g/mol. The third kappa shape index (κ3) is 4.65. The number of piperidine rings is 1. The van der Waals surface area contributed by atoms with E-state index in [1.807, 2.05) is 36.2 Å². The Kier molecular flexibility index (Phi) is 7.35. The molecule has 1 aliphatic heterocycles. The molecular formula is C15H22Cl2N2O. The topological polar surface area (TPSA) is 32.3 Å². The largest absolute Gasteiger partial charge is 0.341 e. The van der Waals surface area contributed by atoms with Crippen LogP contribution >= 0.6 is 24.0 Å². The van der Waals surface area contributed by atoms with Gasteiger partial charge >= 0.3 is 0 Å². The Hall–Kier alpha value is -0.770. The van der Waals surface area contributed by atoms with Crippen LogP contribution < -0.4 is 5.32 Å². The Balaban J connectivity index is 0.00000200. The van der Waals surface area contributed by atoms with E-state index in [2.05, 4.69) is 5.32 Å². The molecule has 0 spiro atoms.